The normalized spacial score (nSPS) is 23.8. The Hall–Kier alpha value is -1.15. The van der Waals surface area contributed by atoms with Crippen LogP contribution in [-0.2, 0) is 27.8 Å². The van der Waals surface area contributed by atoms with Crippen molar-refractivity contribution in [2.24, 2.45) is 0 Å². The molecule has 2 heterocycles. The van der Waals surface area contributed by atoms with E-state index in [1.165, 1.54) is 16.1 Å². The van der Waals surface area contributed by atoms with Crippen LogP contribution in [-0.4, -0.2) is 62.8 Å². The highest BCUT2D eigenvalue weighted by Crippen LogP contribution is 2.28. The smallest absolute Gasteiger partial charge is 0.211 e. The van der Waals surface area contributed by atoms with E-state index >= 15 is 0 Å². The van der Waals surface area contributed by atoms with Crippen LogP contribution in [0.5, 0.6) is 5.75 Å². The highest BCUT2D eigenvalue weighted by atomic mass is 32.2. The summed E-state index contributed by atoms with van der Waals surface area (Å²) in [5.41, 5.74) is 2.11. The largest absolute Gasteiger partial charge is 0.492 e. The molecule has 128 valence electrons. The molecule has 0 spiro atoms. The monoisotopic (exact) mass is 340 g/mol. The van der Waals surface area contributed by atoms with Gasteiger partial charge in [0.15, 0.2) is 0 Å². The van der Waals surface area contributed by atoms with Crippen molar-refractivity contribution >= 4 is 10.0 Å². The maximum atomic E-state index is 12.0. The zero-order valence-corrected chi connectivity index (χ0v) is 14.5. The zero-order chi connectivity index (χ0) is 16.4. The van der Waals surface area contributed by atoms with Gasteiger partial charge in [-0.2, -0.15) is 4.31 Å². The number of hydrogen-bond donors (Lipinski definition) is 0. The third kappa shape index (κ3) is 4.03. The second-order valence-corrected chi connectivity index (χ2v) is 8.23. The van der Waals surface area contributed by atoms with Crippen LogP contribution in [0.1, 0.15) is 18.1 Å². The highest BCUT2D eigenvalue weighted by molar-refractivity contribution is 7.88. The molecule has 7 heteroatoms. The third-order valence-corrected chi connectivity index (χ3v) is 5.70. The Balaban J connectivity index is 1.81. The molecule has 23 heavy (non-hydrogen) atoms. The summed E-state index contributed by atoms with van der Waals surface area (Å²) in [7, 11) is -3.25. The van der Waals surface area contributed by atoms with Crippen molar-refractivity contribution in [3.8, 4) is 5.75 Å². The number of sulfonamides is 1. The minimum atomic E-state index is -3.25. The van der Waals surface area contributed by atoms with Crippen molar-refractivity contribution < 1.29 is 17.9 Å². The van der Waals surface area contributed by atoms with Crippen LogP contribution in [0.3, 0.4) is 0 Å². The summed E-state index contributed by atoms with van der Waals surface area (Å²) >= 11 is 0. The molecule has 0 amide bonds. The summed E-state index contributed by atoms with van der Waals surface area (Å²) in [6.07, 6.45) is 1.26. The van der Waals surface area contributed by atoms with E-state index in [1.807, 2.05) is 13.0 Å². The van der Waals surface area contributed by atoms with Gasteiger partial charge >= 0.3 is 0 Å². The molecular weight excluding hydrogens is 316 g/mol. The first kappa shape index (κ1) is 16.7. The fraction of sp³-hybridized carbons (Fsp3) is 0.625. The molecule has 6 nitrogen and oxygen atoms in total. The summed E-state index contributed by atoms with van der Waals surface area (Å²) in [5.74, 6) is 0.786. The van der Waals surface area contributed by atoms with Gasteiger partial charge in [-0.25, -0.2) is 8.42 Å². The molecule has 0 N–H and O–H groups in total. The van der Waals surface area contributed by atoms with Gasteiger partial charge in [0.05, 0.1) is 25.5 Å². The molecule has 1 fully saturated rings. The van der Waals surface area contributed by atoms with E-state index in [4.69, 9.17) is 9.47 Å². The van der Waals surface area contributed by atoms with Crippen molar-refractivity contribution in [3.63, 3.8) is 0 Å². The van der Waals surface area contributed by atoms with Crippen LogP contribution in [0.25, 0.3) is 0 Å². The molecule has 0 unspecified atom stereocenters. The Kier molecular flexibility index (Phi) is 4.91. The van der Waals surface area contributed by atoms with Crippen LogP contribution in [0.4, 0.5) is 0 Å². The highest BCUT2D eigenvalue weighted by Gasteiger charge is 2.28. The number of fused-ring (bicyclic) bond motifs is 1. The molecule has 0 aromatic heterocycles. The maximum Gasteiger partial charge on any atom is 0.211 e. The molecule has 0 aliphatic carbocycles. The third-order valence-electron chi connectivity index (χ3n) is 4.36. The lowest BCUT2D eigenvalue weighted by atomic mass is 10.1. The quantitative estimate of drug-likeness (QED) is 0.823. The lowest BCUT2D eigenvalue weighted by Gasteiger charge is -2.27. The SMILES string of the molecule is C[C@H]1COc2ccc(CN3CCOCC3)cc2CN1S(C)(=O)=O. The number of benzene rings is 1. The first-order valence-corrected chi connectivity index (χ1v) is 9.80. The number of morpholine rings is 1. The van der Waals surface area contributed by atoms with Gasteiger partial charge in [-0.3, -0.25) is 4.90 Å². The number of rotatable bonds is 3. The van der Waals surface area contributed by atoms with E-state index in [-0.39, 0.29) is 6.04 Å². The van der Waals surface area contributed by atoms with Gasteiger partial charge < -0.3 is 9.47 Å². The van der Waals surface area contributed by atoms with Crippen molar-refractivity contribution in [3.05, 3.63) is 29.3 Å². The molecule has 0 saturated carbocycles. The Morgan fingerprint density at radius 2 is 2.00 bits per heavy atom. The van der Waals surface area contributed by atoms with Crippen molar-refractivity contribution in [2.75, 3.05) is 39.2 Å². The molecular formula is C16H24N2O4S. The molecule has 1 aromatic rings. The van der Waals surface area contributed by atoms with Crippen LogP contribution >= 0.6 is 0 Å². The summed E-state index contributed by atoms with van der Waals surface area (Å²) in [6, 6.07) is 5.93. The Bertz CT molecular complexity index is 656. The van der Waals surface area contributed by atoms with Gasteiger partial charge in [0.2, 0.25) is 10.0 Å². The molecule has 1 saturated heterocycles. The van der Waals surface area contributed by atoms with Crippen molar-refractivity contribution in [1.29, 1.82) is 0 Å². The predicted octanol–water partition coefficient (Wildman–Crippen LogP) is 1.06. The van der Waals surface area contributed by atoms with E-state index < -0.39 is 10.0 Å². The second kappa shape index (κ2) is 6.76. The Labute approximate surface area is 138 Å². The van der Waals surface area contributed by atoms with E-state index in [2.05, 4.69) is 17.0 Å². The summed E-state index contributed by atoms with van der Waals surface area (Å²) in [6.45, 7) is 6.88. The lowest BCUT2D eigenvalue weighted by molar-refractivity contribution is 0.0342. The Morgan fingerprint density at radius 3 is 2.70 bits per heavy atom. The standard InChI is InChI=1S/C16H24N2O4S/c1-13-12-22-16-4-3-14(10-17-5-7-21-8-6-17)9-15(16)11-18(13)23(2,19)20/h3-4,9,13H,5-8,10-12H2,1-2H3/t13-/m0/s1. The van der Waals surface area contributed by atoms with Gasteiger partial charge in [-0.15, -0.1) is 0 Å². The minimum absolute atomic E-state index is 0.167. The van der Waals surface area contributed by atoms with Gasteiger partial charge in [0.1, 0.15) is 12.4 Å². The topological polar surface area (TPSA) is 59.1 Å². The van der Waals surface area contributed by atoms with Crippen molar-refractivity contribution in [2.45, 2.75) is 26.1 Å². The Morgan fingerprint density at radius 1 is 1.26 bits per heavy atom. The predicted molar refractivity (Wildman–Crippen MR) is 87.9 cm³/mol. The molecule has 0 radical (unpaired) electrons. The molecule has 2 aliphatic heterocycles. The number of ether oxygens (including phenoxy) is 2. The van der Waals surface area contributed by atoms with E-state index in [9.17, 15) is 8.42 Å². The van der Waals surface area contributed by atoms with Crippen LogP contribution in [0.15, 0.2) is 18.2 Å². The van der Waals surface area contributed by atoms with Crippen LogP contribution in [0, 0.1) is 0 Å². The molecule has 3 rings (SSSR count). The average Bonchev–Trinajstić information content (AvgIpc) is 2.67. The maximum absolute atomic E-state index is 12.0. The van der Waals surface area contributed by atoms with Crippen LogP contribution in [0.2, 0.25) is 0 Å². The average molecular weight is 340 g/mol. The first-order valence-electron chi connectivity index (χ1n) is 7.95. The summed E-state index contributed by atoms with van der Waals surface area (Å²) < 4.78 is 36.7. The summed E-state index contributed by atoms with van der Waals surface area (Å²) in [5, 5.41) is 0. The number of nitrogens with zero attached hydrogens (tertiary/aromatic N) is 2. The van der Waals surface area contributed by atoms with E-state index in [0.29, 0.717) is 13.2 Å². The lowest BCUT2D eigenvalue weighted by Crippen LogP contribution is -2.39. The fourth-order valence-electron chi connectivity index (χ4n) is 3.07. The second-order valence-electron chi connectivity index (χ2n) is 6.30. The zero-order valence-electron chi connectivity index (χ0n) is 13.7. The van der Waals surface area contributed by atoms with Gasteiger partial charge in [-0.05, 0) is 24.6 Å². The molecule has 1 aromatic carbocycles. The van der Waals surface area contributed by atoms with Crippen LogP contribution < -0.4 is 4.74 Å². The summed E-state index contributed by atoms with van der Waals surface area (Å²) in [4.78, 5) is 2.35. The molecule has 2 aliphatic rings. The van der Waals surface area contributed by atoms with Gasteiger partial charge in [0, 0.05) is 31.7 Å². The van der Waals surface area contributed by atoms with E-state index in [0.717, 1.165) is 44.2 Å². The van der Waals surface area contributed by atoms with Gasteiger partial charge in [-0.1, -0.05) is 6.07 Å². The first-order chi connectivity index (χ1) is 10.9. The van der Waals surface area contributed by atoms with E-state index in [1.54, 1.807) is 0 Å². The van der Waals surface area contributed by atoms with Gasteiger partial charge in [0.25, 0.3) is 0 Å². The fourth-order valence-corrected chi connectivity index (χ4v) is 4.16. The molecule has 1 atom stereocenters. The molecule has 0 bridgehead atoms. The minimum Gasteiger partial charge on any atom is -0.492 e. The van der Waals surface area contributed by atoms with Crippen molar-refractivity contribution in [1.82, 2.24) is 9.21 Å². The number of hydrogen-bond acceptors (Lipinski definition) is 5.